The molecule has 0 bridgehead atoms. The van der Waals surface area contributed by atoms with Gasteiger partial charge in [0.15, 0.2) is 5.82 Å². The molecule has 19 heavy (non-hydrogen) atoms. The van der Waals surface area contributed by atoms with Crippen molar-refractivity contribution in [1.82, 2.24) is 4.98 Å². The van der Waals surface area contributed by atoms with Crippen LogP contribution in [0.5, 0.6) is 0 Å². The molecule has 2 aromatic rings. The summed E-state index contributed by atoms with van der Waals surface area (Å²) in [6.45, 7) is 0. The second-order valence-electron chi connectivity index (χ2n) is 3.51. The van der Waals surface area contributed by atoms with Crippen molar-refractivity contribution in [3.63, 3.8) is 0 Å². The molecule has 1 nitrogen and oxygen atoms in total. The highest BCUT2D eigenvalue weighted by molar-refractivity contribution is 7.71. The zero-order valence-corrected chi connectivity index (χ0v) is 13.4. The number of rotatable bonds is 1. The number of aromatic amines is 1. The number of hydrogen-bond acceptors (Lipinski definition) is 1. The van der Waals surface area contributed by atoms with Gasteiger partial charge in [-0.3, -0.25) is 0 Å². The molecule has 0 saturated carbocycles. The van der Waals surface area contributed by atoms with Gasteiger partial charge in [-0.05, 0) is 6.07 Å². The van der Waals surface area contributed by atoms with Gasteiger partial charge in [-0.2, -0.15) is 0 Å². The summed E-state index contributed by atoms with van der Waals surface area (Å²) in [5, 5.41) is 0.328. The van der Waals surface area contributed by atoms with Crippen molar-refractivity contribution in [3.8, 4) is 11.1 Å². The smallest absolute Gasteiger partial charge is 0.158 e. The fourth-order valence-electron chi connectivity index (χ4n) is 1.46. The Morgan fingerprint density at radius 3 is 1.84 bits per heavy atom. The van der Waals surface area contributed by atoms with Crippen LogP contribution in [0.4, 0.5) is 4.39 Å². The molecule has 2 rings (SSSR count). The van der Waals surface area contributed by atoms with Crippen molar-refractivity contribution in [2.75, 3.05) is 0 Å². The van der Waals surface area contributed by atoms with E-state index < -0.39 is 5.82 Å². The number of halogens is 6. The first-order valence-electron chi connectivity index (χ1n) is 4.74. The van der Waals surface area contributed by atoms with Gasteiger partial charge >= 0.3 is 0 Å². The SMILES string of the molecule is Fc1cc(-c2c(Cl)c(Cl)c(Cl)c(Cl)c2Cl)c[nH]c1=S. The first kappa shape index (κ1) is 15.4. The third-order valence-electron chi connectivity index (χ3n) is 2.36. The third-order valence-corrected chi connectivity index (χ3v) is 4.95. The summed E-state index contributed by atoms with van der Waals surface area (Å²) in [4.78, 5) is 2.58. The van der Waals surface area contributed by atoms with Crippen LogP contribution in [0.3, 0.4) is 0 Å². The number of benzene rings is 1. The molecule has 1 heterocycles. The van der Waals surface area contributed by atoms with Crippen LogP contribution in [0.2, 0.25) is 25.1 Å². The van der Waals surface area contributed by atoms with E-state index in [4.69, 9.17) is 70.2 Å². The molecule has 1 aromatic heterocycles. The number of H-pyrrole nitrogens is 1. The Morgan fingerprint density at radius 2 is 1.37 bits per heavy atom. The van der Waals surface area contributed by atoms with E-state index in [1.807, 2.05) is 0 Å². The molecule has 0 unspecified atom stereocenters. The Labute approximate surface area is 138 Å². The Bertz CT molecular complexity index is 699. The quantitative estimate of drug-likeness (QED) is 0.328. The second kappa shape index (κ2) is 5.76. The first-order chi connectivity index (χ1) is 8.84. The van der Waals surface area contributed by atoms with Crippen LogP contribution < -0.4 is 0 Å². The van der Waals surface area contributed by atoms with E-state index in [0.29, 0.717) is 5.56 Å². The number of nitrogens with one attached hydrogen (secondary N) is 1. The predicted octanol–water partition coefficient (Wildman–Crippen LogP) is 6.82. The molecule has 0 aliphatic rings. The average Bonchev–Trinajstić information content (AvgIpc) is 2.38. The molecular formula is C11H3Cl5FNS. The van der Waals surface area contributed by atoms with E-state index in [1.165, 1.54) is 12.3 Å². The zero-order chi connectivity index (χ0) is 14.3. The minimum absolute atomic E-state index is 0.0258. The van der Waals surface area contributed by atoms with Gasteiger partial charge in [-0.15, -0.1) is 0 Å². The lowest BCUT2D eigenvalue weighted by Gasteiger charge is -2.12. The highest BCUT2D eigenvalue weighted by atomic mass is 35.5. The molecule has 1 aromatic carbocycles. The number of hydrogen-bond donors (Lipinski definition) is 1. The van der Waals surface area contributed by atoms with E-state index in [2.05, 4.69) is 4.98 Å². The minimum Gasteiger partial charge on any atom is -0.350 e. The van der Waals surface area contributed by atoms with Gasteiger partial charge in [-0.1, -0.05) is 70.2 Å². The maximum atomic E-state index is 13.5. The van der Waals surface area contributed by atoms with E-state index >= 15 is 0 Å². The molecule has 0 aliphatic heterocycles. The first-order valence-corrected chi connectivity index (χ1v) is 7.04. The summed E-state index contributed by atoms with van der Waals surface area (Å²) in [6, 6.07) is 1.19. The summed E-state index contributed by atoms with van der Waals surface area (Å²) in [5.41, 5.74) is 0.648. The van der Waals surface area contributed by atoms with Gasteiger partial charge in [0.25, 0.3) is 0 Å². The van der Waals surface area contributed by atoms with Crippen molar-refractivity contribution in [2.24, 2.45) is 0 Å². The minimum atomic E-state index is -0.609. The largest absolute Gasteiger partial charge is 0.350 e. The van der Waals surface area contributed by atoms with Gasteiger partial charge in [-0.25, -0.2) is 4.39 Å². The standard InChI is InChI=1S/C11H3Cl5FNS/c12-6-5(3-1-4(17)11(19)18-2-3)7(13)9(15)10(16)8(6)14/h1-2H,(H,18,19). The lowest BCUT2D eigenvalue weighted by atomic mass is 10.1. The topological polar surface area (TPSA) is 15.8 Å². The Morgan fingerprint density at radius 1 is 0.895 bits per heavy atom. The van der Waals surface area contributed by atoms with Crippen LogP contribution in [0, 0.1) is 10.5 Å². The van der Waals surface area contributed by atoms with Crippen molar-refractivity contribution in [2.45, 2.75) is 0 Å². The Hall–Kier alpha value is -0.0300. The monoisotopic (exact) mass is 375 g/mol. The average molecular weight is 377 g/mol. The molecule has 0 fully saturated rings. The van der Waals surface area contributed by atoms with E-state index in [-0.39, 0.29) is 35.3 Å². The summed E-state index contributed by atoms with van der Waals surface area (Å²) >= 11 is 34.7. The molecule has 8 heteroatoms. The van der Waals surface area contributed by atoms with Gasteiger partial charge in [0.05, 0.1) is 25.1 Å². The van der Waals surface area contributed by atoms with E-state index in [0.717, 1.165) is 0 Å². The Kier molecular flexibility index (Phi) is 4.66. The molecule has 0 aliphatic carbocycles. The normalized spacial score (nSPS) is 10.8. The summed E-state index contributed by atoms with van der Waals surface area (Å²) in [6.07, 6.45) is 1.46. The predicted molar refractivity (Wildman–Crippen MR) is 82.1 cm³/mol. The summed E-state index contributed by atoms with van der Waals surface area (Å²) in [7, 11) is 0. The number of pyridine rings is 1. The molecule has 0 atom stereocenters. The molecular weight excluding hydrogens is 374 g/mol. The van der Waals surface area contributed by atoms with Gasteiger partial charge in [0, 0.05) is 17.3 Å². The van der Waals surface area contributed by atoms with Crippen LogP contribution in [0.15, 0.2) is 12.3 Å². The lowest BCUT2D eigenvalue weighted by Crippen LogP contribution is -1.90. The lowest BCUT2D eigenvalue weighted by molar-refractivity contribution is 0.617. The van der Waals surface area contributed by atoms with Crippen LogP contribution in [-0.2, 0) is 0 Å². The third kappa shape index (κ3) is 2.73. The maximum Gasteiger partial charge on any atom is 0.158 e. The molecule has 1 N–H and O–H groups in total. The van der Waals surface area contributed by atoms with Crippen LogP contribution in [0.1, 0.15) is 0 Å². The van der Waals surface area contributed by atoms with Gasteiger partial charge in [0.1, 0.15) is 4.64 Å². The fraction of sp³-hybridized carbons (Fsp3) is 0. The zero-order valence-electron chi connectivity index (χ0n) is 8.83. The van der Waals surface area contributed by atoms with Crippen LogP contribution >= 0.6 is 70.2 Å². The summed E-state index contributed by atoms with van der Waals surface area (Å²) < 4.78 is 13.5. The van der Waals surface area contributed by atoms with Crippen molar-refractivity contribution >= 4 is 70.2 Å². The van der Waals surface area contributed by atoms with Crippen LogP contribution in [0.25, 0.3) is 11.1 Å². The highest BCUT2D eigenvalue weighted by Crippen LogP contribution is 2.48. The second-order valence-corrected chi connectivity index (χ2v) is 5.81. The van der Waals surface area contributed by atoms with Crippen molar-refractivity contribution in [3.05, 3.63) is 47.8 Å². The van der Waals surface area contributed by atoms with Crippen molar-refractivity contribution in [1.29, 1.82) is 0 Å². The van der Waals surface area contributed by atoms with Crippen molar-refractivity contribution < 1.29 is 4.39 Å². The van der Waals surface area contributed by atoms with E-state index in [1.54, 1.807) is 0 Å². The fourth-order valence-corrected chi connectivity index (χ4v) is 2.93. The van der Waals surface area contributed by atoms with Crippen LogP contribution in [-0.4, -0.2) is 4.98 Å². The Balaban J connectivity index is 2.82. The molecule has 0 amide bonds. The van der Waals surface area contributed by atoms with Gasteiger partial charge in [0.2, 0.25) is 0 Å². The van der Waals surface area contributed by atoms with Gasteiger partial charge < -0.3 is 4.98 Å². The summed E-state index contributed by atoms with van der Waals surface area (Å²) in [5.74, 6) is -0.609. The molecule has 0 radical (unpaired) electrons. The molecule has 0 saturated heterocycles. The number of aromatic nitrogens is 1. The maximum absolute atomic E-state index is 13.5. The van der Waals surface area contributed by atoms with E-state index in [9.17, 15) is 4.39 Å². The highest BCUT2D eigenvalue weighted by Gasteiger charge is 2.20. The molecule has 100 valence electrons. The molecule has 0 spiro atoms.